The van der Waals surface area contributed by atoms with Gasteiger partial charge in [-0.15, -0.1) is 0 Å². The van der Waals surface area contributed by atoms with Gasteiger partial charge in [0.2, 0.25) is 0 Å². The summed E-state index contributed by atoms with van der Waals surface area (Å²) in [6, 6.07) is 16.1. The molecule has 1 unspecified atom stereocenters. The van der Waals surface area contributed by atoms with Gasteiger partial charge in [-0.05, 0) is 49.0 Å². The van der Waals surface area contributed by atoms with Crippen molar-refractivity contribution in [3.05, 3.63) is 83.6 Å². The van der Waals surface area contributed by atoms with Crippen LogP contribution in [0, 0.1) is 0 Å². The number of amides is 1. The van der Waals surface area contributed by atoms with Crippen LogP contribution in [0.4, 0.5) is 0 Å². The van der Waals surface area contributed by atoms with Gasteiger partial charge in [0.25, 0.3) is 5.91 Å². The van der Waals surface area contributed by atoms with Crippen molar-refractivity contribution in [2.45, 2.75) is 19.1 Å². The highest BCUT2D eigenvalue weighted by molar-refractivity contribution is 5.97. The molecule has 2 aromatic carbocycles. The van der Waals surface area contributed by atoms with E-state index in [1.165, 1.54) is 0 Å². The Kier molecular flexibility index (Phi) is 5.66. The number of aliphatic hydroxyl groups is 1. The second-order valence-electron chi connectivity index (χ2n) is 6.78. The quantitative estimate of drug-likeness (QED) is 0.871. The Labute approximate surface area is 154 Å². The Morgan fingerprint density at radius 2 is 1.92 bits per heavy atom. The monoisotopic (exact) mass is 348 g/mol. The van der Waals surface area contributed by atoms with Gasteiger partial charge < -0.3 is 15.3 Å². The molecular weight excluding hydrogens is 324 g/mol. The lowest BCUT2D eigenvalue weighted by Gasteiger charge is -2.18. The van der Waals surface area contributed by atoms with Crippen molar-refractivity contribution in [2.24, 2.45) is 0 Å². The molecule has 1 aliphatic rings. The maximum absolute atomic E-state index is 12.8. The normalized spacial score (nSPS) is 16.5. The SMILES string of the molecule is CN(C)Cc1cc(-c2ccccc2)ccc1C(=O)NC1=CC=CC(O)C1. The number of benzene rings is 2. The third-order valence-corrected chi connectivity index (χ3v) is 4.28. The fourth-order valence-corrected chi connectivity index (χ4v) is 3.06. The van der Waals surface area contributed by atoms with Gasteiger partial charge in [-0.1, -0.05) is 48.6 Å². The average Bonchev–Trinajstić information content (AvgIpc) is 2.62. The van der Waals surface area contributed by atoms with Gasteiger partial charge in [-0.2, -0.15) is 0 Å². The number of allylic oxidation sites excluding steroid dienone is 2. The lowest BCUT2D eigenvalue weighted by Crippen LogP contribution is -2.27. The van der Waals surface area contributed by atoms with Gasteiger partial charge in [0.15, 0.2) is 0 Å². The molecule has 2 aromatic rings. The van der Waals surface area contributed by atoms with E-state index < -0.39 is 6.10 Å². The molecule has 0 spiro atoms. The van der Waals surface area contributed by atoms with Crippen molar-refractivity contribution in [3.8, 4) is 11.1 Å². The molecule has 0 saturated carbocycles. The Morgan fingerprint density at radius 1 is 1.15 bits per heavy atom. The number of carbonyl (C=O) groups excluding carboxylic acids is 1. The number of carbonyl (C=O) groups is 1. The molecule has 1 amide bonds. The number of hydrogen-bond acceptors (Lipinski definition) is 3. The second-order valence-corrected chi connectivity index (χ2v) is 6.78. The number of nitrogens with one attached hydrogen (secondary N) is 1. The van der Waals surface area contributed by atoms with Crippen LogP contribution < -0.4 is 5.32 Å². The topological polar surface area (TPSA) is 52.6 Å². The summed E-state index contributed by atoms with van der Waals surface area (Å²) in [5.41, 5.74) is 4.58. The van der Waals surface area contributed by atoms with Gasteiger partial charge in [0, 0.05) is 24.2 Å². The molecule has 0 fully saturated rings. The van der Waals surface area contributed by atoms with Crippen LogP contribution in [0.1, 0.15) is 22.3 Å². The third-order valence-electron chi connectivity index (χ3n) is 4.28. The molecule has 0 heterocycles. The average molecular weight is 348 g/mol. The van der Waals surface area contributed by atoms with Gasteiger partial charge in [0.1, 0.15) is 0 Å². The molecule has 4 heteroatoms. The zero-order valence-corrected chi connectivity index (χ0v) is 15.1. The molecule has 3 rings (SSSR count). The first-order chi connectivity index (χ1) is 12.5. The summed E-state index contributed by atoms with van der Waals surface area (Å²) >= 11 is 0. The second kappa shape index (κ2) is 8.13. The van der Waals surface area contributed by atoms with E-state index in [1.807, 2.05) is 55.4 Å². The maximum atomic E-state index is 12.8. The largest absolute Gasteiger partial charge is 0.389 e. The molecule has 26 heavy (non-hydrogen) atoms. The molecule has 4 nitrogen and oxygen atoms in total. The van der Waals surface area contributed by atoms with E-state index in [2.05, 4.69) is 23.5 Å². The molecule has 0 aromatic heterocycles. The van der Waals surface area contributed by atoms with Crippen LogP contribution in [0.5, 0.6) is 0 Å². The summed E-state index contributed by atoms with van der Waals surface area (Å²) in [7, 11) is 3.98. The van der Waals surface area contributed by atoms with E-state index in [-0.39, 0.29) is 5.91 Å². The summed E-state index contributed by atoms with van der Waals surface area (Å²) < 4.78 is 0. The number of rotatable bonds is 5. The molecule has 134 valence electrons. The lowest BCUT2D eigenvalue weighted by atomic mass is 9.98. The summed E-state index contributed by atoms with van der Waals surface area (Å²) in [5.74, 6) is -0.143. The van der Waals surface area contributed by atoms with E-state index >= 15 is 0 Å². The van der Waals surface area contributed by atoms with Crippen LogP contribution in [0.3, 0.4) is 0 Å². The van der Waals surface area contributed by atoms with E-state index in [0.29, 0.717) is 18.5 Å². The summed E-state index contributed by atoms with van der Waals surface area (Å²) in [4.78, 5) is 14.8. The molecule has 2 N–H and O–H groups in total. The van der Waals surface area contributed by atoms with E-state index in [1.54, 1.807) is 12.2 Å². The maximum Gasteiger partial charge on any atom is 0.255 e. The lowest BCUT2D eigenvalue weighted by molar-refractivity contribution is 0.0960. The Hall–Kier alpha value is -2.69. The smallest absolute Gasteiger partial charge is 0.255 e. The van der Waals surface area contributed by atoms with Gasteiger partial charge in [-0.25, -0.2) is 0 Å². The molecule has 1 atom stereocenters. The molecule has 0 radical (unpaired) electrons. The summed E-state index contributed by atoms with van der Waals surface area (Å²) in [6.45, 7) is 0.672. The first-order valence-corrected chi connectivity index (χ1v) is 8.73. The summed E-state index contributed by atoms with van der Waals surface area (Å²) in [6.07, 6.45) is 5.18. The first kappa shape index (κ1) is 18.1. The molecule has 1 aliphatic carbocycles. The van der Waals surface area contributed by atoms with Crippen molar-refractivity contribution < 1.29 is 9.90 Å². The molecule has 0 bridgehead atoms. The summed E-state index contributed by atoms with van der Waals surface area (Å²) in [5, 5.41) is 12.6. The van der Waals surface area contributed by atoms with Crippen LogP contribution in [-0.2, 0) is 6.54 Å². The van der Waals surface area contributed by atoms with Crippen molar-refractivity contribution in [2.75, 3.05) is 14.1 Å². The van der Waals surface area contributed by atoms with Crippen molar-refractivity contribution in [1.82, 2.24) is 10.2 Å². The molecule has 0 saturated heterocycles. The zero-order valence-electron chi connectivity index (χ0n) is 15.1. The van der Waals surface area contributed by atoms with E-state index in [0.717, 1.165) is 22.4 Å². The fourth-order valence-electron chi connectivity index (χ4n) is 3.06. The van der Waals surface area contributed by atoms with Crippen LogP contribution in [-0.4, -0.2) is 36.1 Å². The predicted molar refractivity (Wildman–Crippen MR) is 105 cm³/mol. The fraction of sp³-hybridized carbons (Fsp3) is 0.227. The minimum Gasteiger partial charge on any atom is -0.389 e. The van der Waals surface area contributed by atoms with E-state index in [9.17, 15) is 9.90 Å². The number of aliphatic hydroxyl groups excluding tert-OH is 1. The Bertz CT molecular complexity index is 838. The molecular formula is C22H24N2O2. The van der Waals surface area contributed by atoms with Crippen molar-refractivity contribution >= 4 is 5.91 Å². The van der Waals surface area contributed by atoms with E-state index in [4.69, 9.17) is 0 Å². The van der Waals surface area contributed by atoms with Crippen molar-refractivity contribution in [3.63, 3.8) is 0 Å². The first-order valence-electron chi connectivity index (χ1n) is 8.73. The Balaban J connectivity index is 1.89. The predicted octanol–water partition coefficient (Wildman–Crippen LogP) is 3.35. The van der Waals surface area contributed by atoms with Gasteiger partial charge in [0.05, 0.1) is 6.10 Å². The highest BCUT2D eigenvalue weighted by Gasteiger charge is 2.16. The zero-order chi connectivity index (χ0) is 18.5. The third kappa shape index (κ3) is 4.48. The van der Waals surface area contributed by atoms with Gasteiger partial charge >= 0.3 is 0 Å². The molecule has 0 aliphatic heterocycles. The van der Waals surface area contributed by atoms with Crippen molar-refractivity contribution in [1.29, 1.82) is 0 Å². The minimum atomic E-state index is -0.544. The highest BCUT2D eigenvalue weighted by Crippen LogP contribution is 2.24. The minimum absolute atomic E-state index is 0.143. The highest BCUT2D eigenvalue weighted by atomic mass is 16.3. The van der Waals surface area contributed by atoms with Gasteiger partial charge in [-0.3, -0.25) is 4.79 Å². The number of hydrogen-bond donors (Lipinski definition) is 2. The van der Waals surface area contributed by atoms with Crippen LogP contribution >= 0.6 is 0 Å². The standard InChI is InChI=1S/C22H24N2O2/c1-24(2)15-18-13-17(16-7-4-3-5-8-16)11-12-21(18)22(26)23-19-9-6-10-20(25)14-19/h3-13,20,25H,14-15H2,1-2H3,(H,23,26). The number of nitrogens with zero attached hydrogens (tertiary/aromatic N) is 1. The van der Waals surface area contributed by atoms with Crippen LogP contribution in [0.25, 0.3) is 11.1 Å². The van der Waals surface area contributed by atoms with Crippen LogP contribution in [0.2, 0.25) is 0 Å². The van der Waals surface area contributed by atoms with Crippen LogP contribution in [0.15, 0.2) is 72.5 Å². The Morgan fingerprint density at radius 3 is 2.62 bits per heavy atom.